The van der Waals surface area contributed by atoms with Gasteiger partial charge in [0.2, 0.25) is 0 Å². The molecular formula is C15H26N2. The lowest BCUT2D eigenvalue weighted by atomic mass is 9.91. The first-order chi connectivity index (χ1) is 8.34. The highest BCUT2D eigenvalue weighted by atomic mass is 14.9. The number of allylic oxidation sites excluding steroid dienone is 3. The van der Waals surface area contributed by atoms with Gasteiger partial charge in [-0.2, -0.15) is 0 Å². The first-order valence-electron chi connectivity index (χ1n) is 7.13. The van der Waals surface area contributed by atoms with Crippen LogP contribution >= 0.6 is 0 Å². The largest absolute Gasteiger partial charge is 0.317 e. The molecule has 1 heterocycles. The number of piperidine rings is 1. The maximum Gasteiger partial charge on any atom is 0.0170 e. The minimum absolute atomic E-state index is 0.657. The minimum atomic E-state index is 0.657. The molecule has 2 heteroatoms. The maximum absolute atomic E-state index is 3.68. The summed E-state index contributed by atoms with van der Waals surface area (Å²) in [5.41, 5.74) is 1.56. The van der Waals surface area contributed by atoms with Gasteiger partial charge in [-0.3, -0.25) is 0 Å². The summed E-state index contributed by atoms with van der Waals surface area (Å²) in [6.07, 6.45) is 13.2. The van der Waals surface area contributed by atoms with Crippen LogP contribution in [0.2, 0.25) is 0 Å². The molecule has 1 unspecified atom stereocenters. The van der Waals surface area contributed by atoms with Crippen LogP contribution in [-0.2, 0) is 0 Å². The molecule has 2 rings (SSSR count). The van der Waals surface area contributed by atoms with Crippen molar-refractivity contribution in [2.24, 2.45) is 5.92 Å². The van der Waals surface area contributed by atoms with E-state index in [4.69, 9.17) is 0 Å². The van der Waals surface area contributed by atoms with E-state index in [1.165, 1.54) is 45.2 Å². The van der Waals surface area contributed by atoms with Gasteiger partial charge in [0.15, 0.2) is 0 Å². The second-order valence-electron chi connectivity index (χ2n) is 5.50. The van der Waals surface area contributed by atoms with E-state index >= 15 is 0 Å². The van der Waals surface area contributed by atoms with Crippen LogP contribution in [0.25, 0.3) is 0 Å². The summed E-state index contributed by atoms with van der Waals surface area (Å²) in [5.74, 6) is 0.930. The topological polar surface area (TPSA) is 24.1 Å². The second-order valence-corrected chi connectivity index (χ2v) is 5.50. The smallest absolute Gasteiger partial charge is 0.0170 e. The summed E-state index contributed by atoms with van der Waals surface area (Å²) < 4.78 is 0. The molecule has 0 aromatic rings. The van der Waals surface area contributed by atoms with Crippen molar-refractivity contribution in [3.63, 3.8) is 0 Å². The number of nitrogens with one attached hydrogen (secondary N) is 2. The highest BCUT2D eigenvalue weighted by molar-refractivity contribution is 5.18. The average molecular weight is 234 g/mol. The molecule has 96 valence electrons. The standard InChI is InChI=1S/C15H26N2/c1-13(11-14-7-9-16-10-8-14)17-12-15-5-3-2-4-6-15/h2-3,5,13-14,16-17H,4,6-12H2,1H3. The zero-order valence-corrected chi connectivity index (χ0v) is 11.0. The lowest BCUT2D eigenvalue weighted by molar-refractivity contribution is 0.320. The minimum Gasteiger partial charge on any atom is -0.317 e. The molecule has 0 aromatic carbocycles. The molecule has 1 fully saturated rings. The van der Waals surface area contributed by atoms with Gasteiger partial charge >= 0.3 is 0 Å². The Bertz CT molecular complexity index is 275. The van der Waals surface area contributed by atoms with Crippen LogP contribution in [0.4, 0.5) is 0 Å². The molecule has 0 radical (unpaired) electrons. The van der Waals surface area contributed by atoms with Gasteiger partial charge in [0, 0.05) is 12.6 Å². The molecule has 1 atom stereocenters. The van der Waals surface area contributed by atoms with E-state index in [-0.39, 0.29) is 0 Å². The Labute approximate surface area is 106 Å². The fourth-order valence-corrected chi connectivity index (χ4v) is 2.81. The summed E-state index contributed by atoms with van der Waals surface area (Å²) in [5, 5.41) is 7.11. The first kappa shape index (κ1) is 12.8. The molecule has 2 aliphatic rings. The van der Waals surface area contributed by atoms with Crippen molar-refractivity contribution in [2.45, 2.75) is 45.1 Å². The van der Waals surface area contributed by atoms with Crippen LogP contribution in [0.15, 0.2) is 23.8 Å². The zero-order chi connectivity index (χ0) is 11.9. The third-order valence-electron chi connectivity index (χ3n) is 3.92. The summed E-state index contributed by atoms with van der Waals surface area (Å²) in [7, 11) is 0. The van der Waals surface area contributed by atoms with E-state index in [0.717, 1.165) is 12.5 Å². The van der Waals surface area contributed by atoms with Gasteiger partial charge < -0.3 is 10.6 Å². The van der Waals surface area contributed by atoms with Gasteiger partial charge in [-0.25, -0.2) is 0 Å². The lowest BCUT2D eigenvalue weighted by Gasteiger charge is -2.26. The zero-order valence-electron chi connectivity index (χ0n) is 11.0. The molecule has 2 N–H and O–H groups in total. The molecule has 1 aliphatic carbocycles. The number of hydrogen-bond donors (Lipinski definition) is 2. The van der Waals surface area contributed by atoms with Crippen LogP contribution in [0.1, 0.15) is 39.0 Å². The van der Waals surface area contributed by atoms with Crippen molar-refractivity contribution in [3.8, 4) is 0 Å². The molecule has 0 spiro atoms. The van der Waals surface area contributed by atoms with Crippen LogP contribution in [-0.4, -0.2) is 25.7 Å². The van der Waals surface area contributed by atoms with Crippen LogP contribution in [0.5, 0.6) is 0 Å². The van der Waals surface area contributed by atoms with Crippen molar-refractivity contribution in [3.05, 3.63) is 23.8 Å². The van der Waals surface area contributed by atoms with E-state index in [0.29, 0.717) is 6.04 Å². The van der Waals surface area contributed by atoms with Crippen molar-refractivity contribution in [1.82, 2.24) is 10.6 Å². The van der Waals surface area contributed by atoms with Crippen LogP contribution < -0.4 is 10.6 Å². The van der Waals surface area contributed by atoms with Crippen LogP contribution in [0.3, 0.4) is 0 Å². The molecular weight excluding hydrogens is 208 g/mol. The molecule has 1 saturated heterocycles. The highest BCUT2D eigenvalue weighted by Gasteiger charge is 2.15. The Kier molecular flexibility index (Phi) is 5.27. The molecule has 17 heavy (non-hydrogen) atoms. The van der Waals surface area contributed by atoms with Gasteiger partial charge in [0.05, 0.1) is 0 Å². The SMILES string of the molecule is CC(CC1CCNCC1)NCC1=CC=CCC1. The molecule has 0 bridgehead atoms. The number of hydrogen-bond acceptors (Lipinski definition) is 2. The third kappa shape index (κ3) is 4.64. The van der Waals surface area contributed by atoms with E-state index in [2.05, 4.69) is 35.8 Å². The average Bonchev–Trinajstić information content (AvgIpc) is 2.39. The summed E-state index contributed by atoms with van der Waals surface area (Å²) >= 11 is 0. The van der Waals surface area contributed by atoms with Gasteiger partial charge in [0.25, 0.3) is 0 Å². The van der Waals surface area contributed by atoms with Crippen molar-refractivity contribution >= 4 is 0 Å². The Morgan fingerprint density at radius 1 is 1.41 bits per heavy atom. The molecule has 0 amide bonds. The van der Waals surface area contributed by atoms with E-state index in [9.17, 15) is 0 Å². The predicted octanol–water partition coefficient (Wildman–Crippen LogP) is 2.63. The maximum atomic E-state index is 3.68. The second kappa shape index (κ2) is 6.97. The predicted molar refractivity (Wildman–Crippen MR) is 74.1 cm³/mol. The quantitative estimate of drug-likeness (QED) is 0.764. The fourth-order valence-electron chi connectivity index (χ4n) is 2.81. The summed E-state index contributed by atoms with van der Waals surface area (Å²) in [6, 6.07) is 0.657. The summed E-state index contributed by atoms with van der Waals surface area (Å²) in [6.45, 7) is 5.85. The Hall–Kier alpha value is -0.600. The van der Waals surface area contributed by atoms with Gasteiger partial charge in [-0.15, -0.1) is 0 Å². The first-order valence-corrected chi connectivity index (χ1v) is 7.13. The van der Waals surface area contributed by atoms with E-state index in [1.807, 2.05) is 0 Å². The van der Waals surface area contributed by atoms with Gasteiger partial charge in [0.1, 0.15) is 0 Å². The molecule has 2 nitrogen and oxygen atoms in total. The Morgan fingerprint density at radius 3 is 2.94 bits per heavy atom. The van der Waals surface area contributed by atoms with Gasteiger partial charge in [-0.05, 0) is 58.0 Å². The molecule has 0 saturated carbocycles. The van der Waals surface area contributed by atoms with E-state index in [1.54, 1.807) is 5.57 Å². The monoisotopic (exact) mass is 234 g/mol. The lowest BCUT2D eigenvalue weighted by Crippen LogP contribution is -2.34. The fraction of sp³-hybridized carbons (Fsp3) is 0.733. The molecule has 1 aliphatic heterocycles. The van der Waals surface area contributed by atoms with E-state index < -0.39 is 0 Å². The Balaban J connectivity index is 1.64. The van der Waals surface area contributed by atoms with Gasteiger partial charge in [-0.1, -0.05) is 23.8 Å². The number of rotatable bonds is 5. The normalized spacial score (nSPS) is 23.5. The van der Waals surface area contributed by atoms with Crippen LogP contribution in [0, 0.1) is 5.92 Å². The van der Waals surface area contributed by atoms with Crippen molar-refractivity contribution in [2.75, 3.05) is 19.6 Å². The van der Waals surface area contributed by atoms with Crippen molar-refractivity contribution in [1.29, 1.82) is 0 Å². The van der Waals surface area contributed by atoms with Crippen molar-refractivity contribution < 1.29 is 0 Å². The Morgan fingerprint density at radius 2 is 2.24 bits per heavy atom. The highest BCUT2D eigenvalue weighted by Crippen LogP contribution is 2.18. The molecule has 0 aromatic heterocycles. The summed E-state index contributed by atoms with van der Waals surface area (Å²) in [4.78, 5) is 0. The third-order valence-corrected chi connectivity index (χ3v) is 3.92.